The van der Waals surface area contributed by atoms with Gasteiger partial charge in [0.15, 0.2) is 0 Å². The minimum atomic E-state index is -0.264. The van der Waals surface area contributed by atoms with Crippen LogP contribution in [0.15, 0.2) is 0 Å². The molecule has 4 N–H and O–H groups in total. The van der Waals surface area contributed by atoms with Crippen LogP contribution >= 0.6 is 0 Å². The first kappa shape index (κ1) is 15.4. The molecule has 0 spiro atoms. The third kappa shape index (κ3) is 6.80. The molecule has 0 aromatic heterocycles. The molecule has 1 unspecified atom stereocenters. The van der Waals surface area contributed by atoms with Gasteiger partial charge in [-0.05, 0) is 24.3 Å². The Morgan fingerprint density at radius 1 is 1.19 bits per heavy atom. The first-order chi connectivity index (χ1) is 7.36. The molecule has 0 heterocycles. The summed E-state index contributed by atoms with van der Waals surface area (Å²) in [6, 6.07) is 0. The Hall–Kier alpha value is -0.610. The minimum absolute atomic E-state index is 0.264. The highest BCUT2D eigenvalue weighted by molar-refractivity contribution is 5.75. The summed E-state index contributed by atoms with van der Waals surface area (Å²) < 4.78 is 0. The first-order valence-electron chi connectivity index (χ1n) is 6.07. The van der Waals surface area contributed by atoms with Crippen LogP contribution in [0.1, 0.15) is 27.7 Å². The van der Waals surface area contributed by atoms with Crippen LogP contribution in [0, 0.1) is 17.8 Å². The lowest BCUT2D eigenvalue weighted by molar-refractivity contribution is -0.119. The molecule has 96 valence electrons. The second kappa shape index (κ2) is 7.63. The molecule has 0 aromatic carbocycles. The summed E-state index contributed by atoms with van der Waals surface area (Å²) >= 11 is 0. The Balaban J connectivity index is 4.32. The lowest BCUT2D eigenvalue weighted by Crippen LogP contribution is -2.42. The van der Waals surface area contributed by atoms with E-state index in [1.807, 2.05) is 0 Å². The fraction of sp³-hybridized carbons (Fsp3) is 0.917. The summed E-state index contributed by atoms with van der Waals surface area (Å²) in [6.07, 6.45) is 0. The fourth-order valence-electron chi connectivity index (χ4n) is 1.83. The summed E-state index contributed by atoms with van der Waals surface area (Å²) in [5.74, 6) is 1.23. The lowest BCUT2D eigenvalue weighted by atomic mass is 9.95. The van der Waals surface area contributed by atoms with E-state index < -0.39 is 0 Å². The summed E-state index contributed by atoms with van der Waals surface area (Å²) in [4.78, 5) is 13.1. The van der Waals surface area contributed by atoms with Crippen LogP contribution in [0.3, 0.4) is 0 Å². The average Bonchev–Trinajstić information content (AvgIpc) is 2.11. The van der Waals surface area contributed by atoms with Crippen molar-refractivity contribution in [2.75, 3.05) is 26.2 Å². The largest absolute Gasteiger partial charge is 0.369 e. The predicted octanol–water partition coefficient (Wildman–Crippen LogP) is 0.661. The van der Waals surface area contributed by atoms with Crippen LogP contribution in [0.4, 0.5) is 0 Å². The third-order valence-electron chi connectivity index (χ3n) is 2.74. The van der Waals surface area contributed by atoms with E-state index in [2.05, 4.69) is 32.6 Å². The lowest BCUT2D eigenvalue weighted by Gasteiger charge is -2.29. The molecule has 0 aromatic rings. The number of hydrogen-bond donors (Lipinski definition) is 2. The molecule has 0 aliphatic carbocycles. The van der Waals surface area contributed by atoms with E-state index in [0.29, 0.717) is 30.8 Å². The molecule has 0 bridgehead atoms. The summed E-state index contributed by atoms with van der Waals surface area (Å²) in [5, 5.41) is 0. The molecular formula is C12H27N3O. The summed E-state index contributed by atoms with van der Waals surface area (Å²) in [7, 11) is 0. The van der Waals surface area contributed by atoms with Crippen LogP contribution in [-0.4, -0.2) is 37.0 Å². The van der Waals surface area contributed by atoms with Crippen LogP contribution in [0.2, 0.25) is 0 Å². The van der Waals surface area contributed by atoms with Crippen molar-refractivity contribution in [1.29, 1.82) is 0 Å². The van der Waals surface area contributed by atoms with Gasteiger partial charge in [0.2, 0.25) is 5.91 Å². The van der Waals surface area contributed by atoms with Crippen molar-refractivity contribution in [3.63, 3.8) is 0 Å². The highest BCUT2D eigenvalue weighted by atomic mass is 16.1. The maximum absolute atomic E-state index is 11.0. The quantitative estimate of drug-likeness (QED) is 0.642. The van der Waals surface area contributed by atoms with Crippen molar-refractivity contribution < 1.29 is 4.79 Å². The molecule has 0 aliphatic heterocycles. The highest BCUT2D eigenvalue weighted by Gasteiger charge is 2.18. The van der Waals surface area contributed by atoms with Gasteiger partial charge in [0.1, 0.15) is 0 Å². The van der Waals surface area contributed by atoms with Crippen molar-refractivity contribution in [2.24, 2.45) is 29.2 Å². The molecule has 0 saturated carbocycles. The third-order valence-corrected chi connectivity index (χ3v) is 2.74. The fourth-order valence-corrected chi connectivity index (χ4v) is 1.83. The smallest absolute Gasteiger partial charge is 0.231 e. The number of hydrogen-bond acceptors (Lipinski definition) is 3. The average molecular weight is 229 g/mol. The number of carbonyl (C=O) groups excluding carboxylic acids is 1. The van der Waals surface area contributed by atoms with E-state index in [0.717, 1.165) is 13.1 Å². The summed E-state index contributed by atoms with van der Waals surface area (Å²) in [6.45, 7) is 11.3. The molecular weight excluding hydrogens is 202 g/mol. The van der Waals surface area contributed by atoms with E-state index in [-0.39, 0.29) is 5.91 Å². The van der Waals surface area contributed by atoms with Gasteiger partial charge in [-0.15, -0.1) is 0 Å². The van der Waals surface area contributed by atoms with Gasteiger partial charge in [0.25, 0.3) is 0 Å². The van der Waals surface area contributed by atoms with Crippen LogP contribution in [-0.2, 0) is 4.79 Å². The van der Waals surface area contributed by atoms with Crippen molar-refractivity contribution in [1.82, 2.24) is 4.90 Å². The topological polar surface area (TPSA) is 72.3 Å². The Labute approximate surface area is 99.4 Å². The Morgan fingerprint density at radius 2 is 1.75 bits per heavy atom. The molecule has 0 radical (unpaired) electrons. The molecule has 1 amide bonds. The zero-order valence-corrected chi connectivity index (χ0v) is 11.1. The van der Waals surface area contributed by atoms with Crippen molar-refractivity contribution >= 4 is 5.91 Å². The molecule has 0 fully saturated rings. The van der Waals surface area contributed by atoms with Crippen molar-refractivity contribution in [3.8, 4) is 0 Å². The number of primary amides is 1. The Kier molecular flexibility index (Phi) is 7.34. The van der Waals surface area contributed by atoms with Gasteiger partial charge in [-0.2, -0.15) is 0 Å². The maximum Gasteiger partial charge on any atom is 0.231 e. The van der Waals surface area contributed by atoms with Gasteiger partial charge >= 0.3 is 0 Å². The molecule has 4 nitrogen and oxygen atoms in total. The Morgan fingerprint density at radius 3 is 2.06 bits per heavy atom. The standard InChI is InChI=1S/C12H27N3O/c1-9(2)6-15(8-12(14)16)7-11(5-13)10(3)4/h9-11H,5-8,13H2,1-4H3,(H2,14,16). The SMILES string of the molecule is CC(C)CN(CC(N)=O)CC(CN)C(C)C. The summed E-state index contributed by atoms with van der Waals surface area (Å²) in [5.41, 5.74) is 11.0. The minimum Gasteiger partial charge on any atom is -0.369 e. The first-order valence-corrected chi connectivity index (χ1v) is 6.07. The van der Waals surface area contributed by atoms with Gasteiger partial charge in [0, 0.05) is 13.1 Å². The number of nitrogens with two attached hydrogens (primary N) is 2. The second-order valence-corrected chi connectivity index (χ2v) is 5.29. The van der Waals surface area contributed by atoms with E-state index in [4.69, 9.17) is 11.5 Å². The molecule has 16 heavy (non-hydrogen) atoms. The van der Waals surface area contributed by atoms with Gasteiger partial charge in [-0.1, -0.05) is 27.7 Å². The van der Waals surface area contributed by atoms with Gasteiger partial charge in [-0.25, -0.2) is 0 Å². The maximum atomic E-state index is 11.0. The molecule has 0 aliphatic rings. The van der Waals surface area contributed by atoms with Gasteiger partial charge in [0.05, 0.1) is 6.54 Å². The van der Waals surface area contributed by atoms with E-state index in [1.54, 1.807) is 0 Å². The number of nitrogens with zero attached hydrogens (tertiary/aromatic N) is 1. The molecule has 0 rings (SSSR count). The zero-order valence-electron chi connectivity index (χ0n) is 11.1. The van der Waals surface area contributed by atoms with Crippen molar-refractivity contribution in [2.45, 2.75) is 27.7 Å². The Bertz CT molecular complexity index is 204. The zero-order chi connectivity index (χ0) is 12.7. The molecule has 4 heteroatoms. The molecule has 0 saturated heterocycles. The number of amides is 1. The normalized spacial score (nSPS) is 13.8. The highest BCUT2D eigenvalue weighted by Crippen LogP contribution is 2.12. The number of carbonyl (C=O) groups is 1. The van der Waals surface area contributed by atoms with Gasteiger partial charge in [-0.3, -0.25) is 9.69 Å². The predicted molar refractivity (Wildman–Crippen MR) is 67.9 cm³/mol. The van der Waals surface area contributed by atoms with Crippen LogP contribution in [0.5, 0.6) is 0 Å². The van der Waals surface area contributed by atoms with Gasteiger partial charge < -0.3 is 11.5 Å². The second-order valence-electron chi connectivity index (χ2n) is 5.29. The van der Waals surface area contributed by atoms with Crippen LogP contribution < -0.4 is 11.5 Å². The van der Waals surface area contributed by atoms with Crippen molar-refractivity contribution in [3.05, 3.63) is 0 Å². The number of rotatable bonds is 8. The molecule has 1 atom stereocenters. The monoisotopic (exact) mass is 229 g/mol. The van der Waals surface area contributed by atoms with Crippen LogP contribution in [0.25, 0.3) is 0 Å². The van der Waals surface area contributed by atoms with E-state index in [1.165, 1.54) is 0 Å². The van der Waals surface area contributed by atoms with E-state index >= 15 is 0 Å². The van der Waals surface area contributed by atoms with E-state index in [9.17, 15) is 4.79 Å².